The number of aromatic nitrogens is 2. The van der Waals surface area contributed by atoms with Gasteiger partial charge in [0.25, 0.3) is 0 Å². The van der Waals surface area contributed by atoms with Crippen LogP contribution in [-0.4, -0.2) is 18.0 Å². The number of hydrogen-bond donors (Lipinski definition) is 0. The average Bonchev–Trinajstić information content (AvgIpc) is 3.70. The van der Waals surface area contributed by atoms with Crippen LogP contribution in [0.2, 0.25) is 13.1 Å². The van der Waals surface area contributed by atoms with Crippen molar-refractivity contribution in [1.29, 1.82) is 0 Å². The molecule has 0 atom stereocenters. The van der Waals surface area contributed by atoms with Crippen LogP contribution < -0.4 is 10.5 Å². The van der Waals surface area contributed by atoms with Crippen molar-refractivity contribution in [2.45, 2.75) is 13.1 Å². The maximum atomic E-state index is 6.33. The lowest BCUT2D eigenvalue weighted by Gasteiger charge is -2.19. The molecule has 4 heteroatoms. The molecule has 0 amide bonds. The van der Waals surface area contributed by atoms with Crippen LogP contribution in [0.1, 0.15) is 0 Å². The Labute approximate surface area is 303 Å². The summed E-state index contributed by atoms with van der Waals surface area (Å²) in [6.07, 6.45) is 0. The molecule has 0 aliphatic carbocycles. The van der Waals surface area contributed by atoms with Gasteiger partial charge in [0.15, 0.2) is 5.82 Å². The van der Waals surface area contributed by atoms with Crippen molar-refractivity contribution in [3.63, 3.8) is 0 Å². The summed E-state index contributed by atoms with van der Waals surface area (Å²) in [5, 5.41) is 4.93. The van der Waals surface area contributed by atoms with Crippen molar-refractivity contribution in [2.24, 2.45) is 0 Å². The molecule has 1 aliphatic heterocycles. The summed E-state index contributed by atoms with van der Waals surface area (Å²) in [7, 11) is -2.04. The molecule has 0 radical (unpaired) electrons. The third-order valence-electron chi connectivity index (χ3n) is 10.7. The molecule has 10 rings (SSSR count). The summed E-state index contributed by atoms with van der Waals surface area (Å²) >= 11 is 0. The summed E-state index contributed by atoms with van der Waals surface area (Å²) < 4.78 is 6.33. The van der Waals surface area contributed by atoms with E-state index in [2.05, 4.69) is 171 Å². The van der Waals surface area contributed by atoms with Gasteiger partial charge in [0, 0.05) is 38.3 Å². The Kier molecular flexibility index (Phi) is 6.95. The molecule has 9 aromatic rings. The monoisotopic (exact) mass is 682 g/mol. The second-order valence-corrected chi connectivity index (χ2v) is 18.4. The van der Waals surface area contributed by atoms with E-state index in [9.17, 15) is 0 Å². The molecule has 0 fully saturated rings. The van der Waals surface area contributed by atoms with Crippen molar-refractivity contribution < 1.29 is 4.42 Å². The highest BCUT2D eigenvalue weighted by Crippen LogP contribution is 2.38. The van der Waals surface area contributed by atoms with Gasteiger partial charge >= 0.3 is 0 Å². The van der Waals surface area contributed by atoms with Crippen molar-refractivity contribution in [1.82, 2.24) is 9.97 Å². The van der Waals surface area contributed by atoms with Crippen molar-refractivity contribution >= 4 is 40.5 Å². The Balaban J connectivity index is 1.01. The first-order chi connectivity index (χ1) is 25.5. The van der Waals surface area contributed by atoms with Crippen molar-refractivity contribution in [2.75, 3.05) is 0 Å². The molecule has 52 heavy (non-hydrogen) atoms. The molecular weight excluding hydrogens is 649 g/mol. The largest absolute Gasteiger partial charge is 0.455 e. The maximum Gasteiger partial charge on any atom is 0.159 e. The predicted molar refractivity (Wildman–Crippen MR) is 219 cm³/mol. The van der Waals surface area contributed by atoms with E-state index >= 15 is 0 Å². The number of benzene rings is 7. The van der Waals surface area contributed by atoms with Gasteiger partial charge in [0.1, 0.15) is 19.2 Å². The first kappa shape index (κ1) is 30.5. The zero-order valence-corrected chi connectivity index (χ0v) is 30.0. The molecule has 0 N–H and O–H groups in total. The van der Waals surface area contributed by atoms with Gasteiger partial charge in [-0.1, -0.05) is 165 Å². The lowest BCUT2D eigenvalue weighted by Crippen LogP contribution is -2.50. The minimum atomic E-state index is -2.04. The maximum absolute atomic E-state index is 6.33. The Hall–Kier alpha value is -6.36. The molecule has 1 aliphatic rings. The highest BCUT2D eigenvalue weighted by atomic mass is 28.3. The normalized spacial score (nSPS) is 13.0. The van der Waals surface area contributed by atoms with Crippen LogP contribution in [0.15, 0.2) is 174 Å². The van der Waals surface area contributed by atoms with E-state index in [1.807, 2.05) is 12.1 Å². The summed E-state index contributed by atoms with van der Waals surface area (Å²) in [5.74, 6) is 0.777. The fourth-order valence-corrected chi connectivity index (χ4v) is 10.9. The fraction of sp³-hybridized carbons (Fsp3) is 0.0417. The molecule has 0 unspecified atom stereocenters. The number of hydrogen-bond acceptors (Lipinski definition) is 3. The number of para-hydroxylation sites is 2. The third-order valence-corrected chi connectivity index (χ3v) is 14.0. The molecule has 2 aromatic heterocycles. The highest BCUT2D eigenvalue weighted by Gasteiger charge is 2.41. The average molecular weight is 683 g/mol. The molecule has 0 saturated heterocycles. The van der Waals surface area contributed by atoms with Crippen LogP contribution in [0.25, 0.3) is 89.1 Å². The number of rotatable bonds is 5. The number of furan rings is 1. The van der Waals surface area contributed by atoms with Gasteiger partial charge < -0.3 is 4.42 Å². The van der Waals surface area contributed by atoms with Crippen LogP contribution in [0.3, 0.4) is 0 Å². The van der Waals surface area contributed by atoms with Gasteiger partial charge in [-0.3, -0.25) is 0 Å². The van der Waals surface area contributed by atoms with Gasteiger partial charge in [-0.15, -0.1) is 0 Å². The minimum absolute atomic E-state index is 0.777. The Morgan fingerprint density at radius 1 is 0.442 bits per heavy atom. The number of fused-ring (bicyclic) bond motifs is 6. The zero-order valence-electron chi connectivity index (χ0n) is 29.0. The first-order valence-electron chi connectivity index (χ1n) is 17.8. The van der Waals surface area contributed by atoms with E-state index in [0.717, 1.165) is 66.8 Å². The van der Waals surface area contributed by atoms with Gasteiger partial charge in [-0.25, -0.2) is 9.97 Å². The molecule has 3 heterocycles. The lowest BCUT2D eigenvalue weighted by atomic mass is 9.96. The summed E-state index contributed by atoms with van der Waals surface area (Å²) in [5.41, 5.74) is 14.3. The Bertz CT molecular complexity index is 2820. The lowest BCUT2D eigenvalue weighted by molar-refractivity contribution is 0.670. The summed E-state index contributed by atoms with van der Waals surface area (Å²) in [6.45, 7) is 4.83. The molecular formula is C48H34N2OSi. The van der Waals surface area contributed by atoms with Gasteiger partial charge in [0.05, 0.1) is 5.69 Å². The van der Waals surface area contributed by atoms with E-state index in [0.29, 0.717) is 0 Å². The molecule has 246 valence electrons. The quantitative estimate of drug-likeness (QED) is 0.170. The van der Waals surface area contributed by atoms with E-state index < -0.39 is 8.07 Å². The molecule has 0 bridgehead atoms. The van der Waals surface area contributed by atoms with E-state index in [1.54, 1.807) is 0 Å². The minimum Gasteiger partial charge on any atom is -0.455 e. The van der Waals surface area contributed by atoms with Gasteiger partial charge in [-0.2, -0.15) is 0 Å². The molecule has 0 saturated carbocycles. The molecule has 0 spiro atoms. The molecule has 7 aromatic carbocycles. The van der Waals surface area contributed by atoms with Crippen LogP contribution in [0, 0.1) is 0 Å². The van der Waals surface area contributed by atoms with E-state index in [1.165, 1.54) is 32.8 Å². The van der Waals surface area contributed by atoms with Crippen LogP contribution in [-0.2, 0) is 0 Å². The standard InChI is InChI=1S/C48H34N2OSi/c1-52(2)43-24-9-7-20-41(43)44-45(33-13-4-3-5-14-33)49-47(50-48(44)52)37-18-11-17-36(30-37)35-16-10-15-34(29-35)31-25-27-32(28-26-31)38-21-12-22-40-39-19-6-8-23-42(39)51-46(38)40/h3-30H,1-2H3. The van der Waals surface area contributed by atoms with E-state index in [-0.39, 0.29) is 0 Å². The summed E-state index contributed by atoms with van der Waals surface area (Å²) in [6, 6.07) is 60.3. The second-order valence-electron chi connectivity index (χ2n) is 14.2. The van der Waals surface area contributed by atoms with Gasteiger partial charge in [0.2, 0.25) is 0 Å². The first-order valence-corrected chi connectivity index (χ1v) is 20.8. The molecule has 3 nitrogen and oxygen atoms in total. The van der Waals surface area contributed by atoms with Crippen LogP contribution >= 0.6 is 0 Å². The van der Waals surface area contributed by atoms with Crippen molar-refractivity contribution in [3.05, 3.63) is 170 Å². The topological polar surface area (TPSA) is 38.9 Å². The van der Waals surface area contributed by atoms with E-state index in [4.69, 9.17) is 14.4 Å². The Morgan fingerprint density at radius 3 is 1.83 bits per heavy atom. The predicted octanol–water partition coefficient (Wildman–Crippen LogP) is 11.5. The Morgan fingerprint density at radius 2 is 1.02 bits per heavy atom. The third kappa shape index (κ3) is 4.87. The summed E-state index contributed by atoms with van der Waals surface area (Å²) in [4.78, 5) is 10.7. The van der Waals surface area contributed by atoms with Crippen LogP contribution in [0.5, 0.6) is 0 Å². The zero-order chi connectivity index (χ0) is 34.8. The van der Waals surface area contributed by atoms with Crippen molar-refractivity contribution in [3.8, 4) is 67.2 Å². The van der Waals surface area contributed by atoms with Crippen LogP contribution in [0.4, 0.5) is 0 Å². The SMILES string of the molecule is C[Si]1(C)c2ccccc2-c2c(-c3ccccc3)nc(-c3cccc(-c4cccc(-c5ccc(-c6cccc7c6oc6ccccc67)cc5)c4)c3)nc21. The van der Waals surface area contributed by atoms with Gasteiger partial charge in [-0.05, 0) is 56.8 Å². The number of nitrogens with zero attached hydrogens (tertiary/aromatic N) is 2. The second kappa shape index (κ2) is 11.9. The highest BCUT2D eigenvalue weighted by molar-refractivity contribution is 7.03. The smallest absolute Gasteiger partial charge is 0.159 e. The fourth-order valence-electron chi connectivity index (χ4n) is 8.01.